The molecule has 4 rings (SSSR count). The highest BCUT2D eigenvalue weighted by Crippen LogP contribution is 2.49. The van der Waals surface area contributed by atoms with Gasteiger partial charge in [-0.25, -0.2) is 9.18 Å². The van der Waals surface area contributed by atoms with Gasteiger partial charge in [0.05, 0.1) is 19.2 Å². The van der Waals surface area contributed by atoms with Crippen molar-refractivity contribution >= 4 is 29.4 Å². The van der Waals surface area contributed by atoms with E-state index in [1.165, 1.54) is 13.2 Å². The van der Waals surface area contributed by atoms with Crippen molar-refractivity contribution in [2.75, 3.05) is 26.7 Å². The van der Waals surface area contributed by atoms with E-state index in [9.17, 15) is 18.8 Å². The first-order valence-electron chi connectivity index (χ1n) is 11.7. The van der Waals surface area contributed by atoms with E-state index in [4.69, 9.17) is 21.1 Å². The lowest BCUT2D eigenvalue weighted by atomic mass is 9.88. The molecule has 11 heteroatoms. The second-order valence-electron chi connectivity index (χ2n) is 8.89. The zero-order chi connectivity index (χ0) is 26.6. The van der Waals surface area contributed by atoms with Crippen molar-refractivity contribution in [1.29, 1.82) is 0 Å². The summed E-state index contributed by atoms with van der Waals surface area (Å²) in [5.74, 6) is -2.22. The number of fused-ring (bicyclic) bond motifs is 1. The molecule has 2 N–H and O–H groups in total. The number of likely N-dealkylation sites (tertiary alicyclic amines) is 1. The molecular weight excluding hydrogens is 505 g/mol. The Hall–Kier alpha value is -3.63. The number of nitrogens with zero attached hydrogens (tertiary/aromatic N) is 1. The molecule has 196 valence electrons. The Labute approximate surface area is 218 Å². The predicted octanol–water partition coefficient (Wildman–Crippen LogP) is 3.18. The number of halogens is 2. The van der Waals surface area contributed by atoms with Crippen LogP contribution in [0.1, 0.15) is 36.8 Å². The maximum absolute atomic E-state index is 14.6. The van der Waals surface area contributed by atoms with E-state index in [-0.39, 0.29) is 23.9 Å². The largest absolute Gasteiger partial charge is 0.466 e. The fourth-order valence-corrected chi connectivity index (χ4v) is 4.63. The first-order chi connectivity index (χ1) is 17.7. The van der Waals surface area contributed by atoms with Gasteiger partial charge in [-0.1, -0.05) is 23.7 Å². The topological polar surface area (TPSA) is 106 Å². The van der Waals surface area contributed by atoms with E-state index in [1.54, 1.807) is 25.1 Å². The number of hydrogen-bond donors (Lipinski definition) is 2. The Morgan fingerprint density at radius 3 is 2.62 bits per heavy atom. The van der Waals surface area contributed by atoms with E-state index in [2.05, 4.69) is 15.6 Å². The van der Waals surface area contributed by atoms with Crippen LogP contribution in [0, 0.1) is 5.82 Å². The zero-order valence-electron chi connectivity index (χ0n) is 20.4. The molecule has 1 atom stereocenters. The molecule has 2 aliphatic rings. The number of methoxy groups -OCH3 is 1. The van der Waals surface area contributed by atoms with Crippen LogP contribution in [0.4, 0.5) is 4.39 Å². The number of benzene rings is 2. The number of piperidine rings is 1. The van der Waals surface area contributed by atoms with Crippen LogP contribution >= 0.6 is 11.6 Å². The second-order valence-corrected chi connectivity index (χ2v) is 9.33. The van der Waals surface area contributed by atoms with E-state index < -0.39 is 23.5 Å². The van der Waals surface area contributed by atoms with Gasteiger partial charge in [0.1, 0.15) is 5.82 Å². The Balaban J connectivity index is 1.32. The molecule has 37 heavy (non-hydrogen) atoms. The molecule has 2 aromatic carbocycles. The Kier molecular flexibility index (Phi) is 7.99. The van der Waals surface area contributed by atoms with E-state index >= 15 is 0 Å². The summed E-state index contributed by atoms with van der Waals surface area (Å²) in [5.41, 5.74) is 5.77. The smallest absolute Gasteiger partial charge is 0.330 e. The van der Waals surface area contributed by atoms with Crippen LogP contribution in [0.25, 0.3) is 0 Å². The summed E-state index contributed by atoms with van der Waals surface area (Å²) in [4.78, 5) is 36.8. The van der Waals surface area contributed by atoms with Crippen LogP contribution in [0.15, 0.2) is 48.6 Å². The van der Waals surface area contributed by atoms with Crippen LogP contribution < -0.4 is 20.3 Å². The van der Waals surface area contributed by atoms with Gasteiger partial charge in [-0.05, 0) is 56.1 Å². The standard InChI is InChI=1S/C26H27ClFN3O6/c1-26(19-7-6-17(27)14-20(19)28)36-21-5-3-4-18(25(21)37-26)16-10-12-31(13-11-16)15-23(33)30-29-22(32)8-9-24(34)35-2/h3-9,14,16H,10-13,15H2,1-2H3,(H,29,32)(H,30,33)/b9-8+. The fraction of sp³-hybridized carbons (Fsp3) is 0.346. The second kappa shape index (κ2) is 11.2. The lowest BCUT2D eigenvalue weighted by Gasteiger charge is -2.32. The average molecular weight is 532 g/mol. The monoisotopic (exact) mass is 531 g/mol. The number of para-hydroxylation sites is 1. The normalized spacial score (nSPS) is 19.6. The molecule has 0 spiro atoms. The number of carbonyl (C=O) groups excluding carboxylic acids is 3. The van der Waals surface area contributed by atoms with Crippen LogP contribution in [0.5, 0.6) is 11.5 Å². The van der Waals surface area contributed by atoms with Crippen molar-refractivity contribution in [3.8, 4) is 11.5 Å². The SMILES string of the molecule is COC(=O)/C=C/C(=O)NNC(=O)CN1CCC(c2cccc3c2OC(C)(c2ccc(Cl)cc2F)O3)CC1. The average Bonchev–Trinajstić information content (AvgIpc) is 3.23. The predicted molar refractivity (Wildman–Crippen MR) is 132 cm³/mol. The van der Waals surface area contributed by atoms with Gasteiger partial charge in [0.2, 0.25) is 0 Å². The molecule has 0 aromatic heterocycles. The number of esters is 1. The molecule has 2 heterocycles. The number of amides is 2. The molecule has 0 bridgehead atoms. The first kappa shape index (κ1) is 26.4. The Morgan fingerprint density at radius 2 is 1.92 bits per heavy atom. The van der Waals surface area contributed by atoms with E-state index in [0.29, 0.717) is 29.6 Å². The Bertz CT molecular complexity index is 1230. The number of ether oxygens (including phenoxy) is 3. The summed E-state index contributed by atoms with van der Waals surface area (Å²) in [5, 5.41) is 0.291. The highest BCUT2D eigenvalue weighted by atomic mass is 35.5. The van der Waals surface area contributed by atoms with Crippen molar-refractivity contribution in [1.82, 2.24) is 15.8 Å². The number of rotatable bonds is 6. The number of carbonyl (C=O) groups is 3. The van der Waals surface area contributed by atoms with Gasteiger partial charge >= 0.3 is 5.97 Å². The maximum Gasteiger partial charge on any atom is 0.330 e. The lowest BCUT2D eigenvalue weighted by molar-refractivity contribution is -0.135. The molecule has 0 radical (unpaired) electrons. The minimum absolute atomic E-state index is 0.105. The highest BCUT2D eigenvalue weighted by molar-refractivity contribution is 6.30. The van der Waals surface area contributed by atoms with Crippen LogP contribution in [0.2, 0.25) is 5.02 Å². The molecule has 1 fully saturated rings. The molecule has 1 saturated heterocycles. The minimum atomic E-state index is -1.32. The van der Waals surface area contributed by atoms with Gasteiger partial charge < -0.3 is 14.2 Å². The summed E-state index contributed by atoms with van der Waals surface area (Å²) >= 11 is 5.90. The third-order valence-electron chi connectivity index (χ3n) is 6.32. The molecule has 0 saturated carbocycles. The first-order valence-corrected chi connectivity index (χ1v) is 12.1. The van der Waals surface area contributed by atoms with Gasteiger partial charge in [-0.15, -0.1) is 0 Å². The third kappa shape index (κ3) is 6.20. The number of nitrogens with one attached hydrogen (secondary N) is 2. The van der Waals surface area contributed by atoms with Gasteiger partial charge in [0.15, 0.2) is 11.5 Å². The highest BCUT2D eigenvalue weighted by Gasteiger charge is 2.42. The van der Waals surface area contributed by atoms with Crippen molar-refractivity contribution in [2.24, 2.45) is 0 Å². The molecule has 2 amide bonds. The van der Waals surface area contributed by atoms with E-state index in [1.807, 2.05) is 17.0 Å². The molecule has 2 aromatic rings. The summed E-state index contributed by atoms with van der Waals surface area (Å²) in [6.45, 7) is 3.09. The molecule has 2 aliphatic heterocycles. The molecule has 1 unspecified atom stereocenters. The van der Waals surface area contributed by atoms with Crippen molar-refractivity contribution in [3.05, 3.63) is 70.5 Å². The summed E-state index contributed by atoms with van der Waals surface area (Å²) in [7, 11) is 1.20. The van der Waals surface area contributed by atoms with Crippen molar-refractivity contribution < 1.29 is 33.0 Å². The van der Waals surface area contributed by atoms with Gasteiger partial charge in [-0.2, -0.15) is 0 Å². The van der Waals surface area contributed by atoms with Gasteiger partial charge in [0, 0.05) is 29.7 Å². The zero-order valence-corrected chi connectivity index (χ0v) is 21.1. The van der Waals surface area contributed by atoms with Crippen molar-refractivity contribution in [2.45, 2.75) is 31.5 Å². The summed E-state index contributed by atoms with van der Waals surface area (Å²) in [6.07, 6.45) is 3.46. The van der Waals surface area contributed by atoms with Gasteiger partial charge in [-0.3, -0.25) is 25.3 Å². The van der Waals surface area contributed by atoms with Crippen molar-refractivity contribution in [3.63, 3.8) is 0 Å². The van der Waals surface area contributed by atoms with Crippen LogP contribution in [-0.2, 0) is 24.9 Å². The molecular formula is C26H27ClFN3O6. The molecule has 0 aliphatic carbocycles. The molecule has 9 nitrogen and oxygen atoms in total. The Morgan fingerprint density at radius 1 is 1.16 bits per heavy atom. The summed E-state index contributed by atoms with van der Waals surface area (Å²) in [6, 6.07) is 10.1. The maximum atomic E-state index is 14.6. The number of hydrogen-bond acceptors (Lipinski definition) is 7. The van der Waals surface area contributed by atoms with Crippen LogP contribution in [-0.4, -0.2) is 49.4 Å². The van der Waals surface area contributed by atoms with E-state index in [0.717, 1.165) is 30.6 Å². The third-order valence-corrected chi connectivity index (χ3v) is 6.56. The summed E-state index contributed by atoms with van der Waals surface area (Å²) < 4.78 is 31.3. The fourth-order valence-electron chi connectivity index (χ4n) is 4.47. The lowest BCUT2D eigenvalue weighted by Crippen LogP contribution is -2.47. The quantitative estimate of drug-likeness (QED) is 0.335. The van der Waals surface area contributed by atoms with Crippen LogP contribution in [0.3, 0.4) is 0 Å². The van der Waals surface area contributed by atoms with Gasteiger partial charge in [0.25, 0.3) is 17.6 Å². The minimum Gasteiger partial charge on any atom is -0.466 e. The number of hydrazine groups is 1.